The molecule has 0 bridgehead atoms. The van der Waals surface area contributed by atoms with Gasteiger partial charge >= 0.3 is 0 Å². The standard InChI is InChI=1S/C18H23FN2O2/c1-13-6-4-5-9-21(13)18(23)15-10-17(22)20(12-15)11-14-7-2-3-8-16(14)19/h2-3,7-8,13,15H,4-6,9-12H2,1H3/t13-,15-/m0/s1. The van der Waals surface area contributed by atoms with Crippen molar-refractivity contribution in [3.8, 4) is 0 Å². The Morgan fingerprint density at radius 3 is 2.83 bits per heavy atom. The Morgan fingerprint density at radius 2 is 2.09 bits per heavy atom. The van der Waals surface area contributed by atoms with Crippen LogP contribution in [0.5, 0.6) is 0 Å². The molecule has 2 atom stereocenters. The normalized spacial score (nSPS) is 25.0. The molecular weight excluding hydrogens is 295 g/mol. The second-order valence-corrected chi connectivity index (χ2v) is 6.64. The van der Waals surface area contributed by atoms with Crippen LogP contribution in [0.4, 0.5) is 4.39 Å². The summed E-state index contributed by atoms with van der Waals surface area (Å²) in [6, 6.07) is 6.73. The number of nitrogens with zero attached hydrogens (tertiary/aromatic N) is 2. The van der Waals surface area contributed by atoms with E-state index in [0.29, 0.717) is 12.1 Å². The molecule has 124 valence electrons. The number of halogens is 1. The van der Waals surface area contributed by atoms with Crippen molar-refractivity contribution in [3.63, 3.8) is 0 Å². The summed E-state index contributed by atoms with van der Waals surface area (Å²) in [5.41, 5.74) is 0.500. The summed E-state index contributed by atoms with van der Waals surface area (Å²) in [4.78, 5) is 28.4. The van der Waals surface area contributed by atoms with Gasteiger partial charge in [0.05, 0.1) is 5.92 Å². The molecule has 2 amide bonds. The van der Waals surface area contributed by atoms with Gasteiger partial charge in [-0.05, 0) is 32.3 Å². The zero-order valence-corrected chi connectivity index (χ0v) is 13.5. The van der Waals surface area contributed by atoms with Crippen LogP contribution >= 0.6 is 0 Å². The van der Waals surface area contributed by atoms with Crippen molar-refractivity contribution in [3.05, 3.63) is 35.6 Å². The van der Waals surface area contributed by atoms with Crippen LogP contribution in [0.3, 0.4) is 0 Å². The van der Waals surface area contributed by atoms with E-state index in [1.54, 1.807) is 23.1 Å². The minimum absolute atomic E-state index is 0.0590. The van der Waals surface area contributed by atoms with E-state index in [-0.39, 0.29) is 42.6 Å². The summed E-state index contributed by atoms with van der Waals surface area (Å²) < 4.78 is 13.8. The smallest absolute Gasteiger partial charge is 0.228 e. The molecule has 2 aliphatic rings. The highest BCUT2D eigenvalue weighted by molar-refractivity contribution is 5.89. The average Bonchev–Trinajstić information content (AvgIpc) is 2.90. The number of hydrogen-bond acceptors (Lipinski definition) is 2. The van der Waals surface area contributed by atoms with Gasteiger partial charge in [0.15, 0.2) is 0 Å². The molecule has 23 heavy (non-hydrogen) atoms. The number of piperidine rings is 1. The monoisotopic (exact) mass is 318 g/mol. The molecule has 1 aromatic carbocycles. The lowest BCUT2D eigenvalue weighted by atomic mass is 9.99. The Morgan fingerprint density at radius 1 is 1.30 bits per heavy atom. The second-order valence-electron chi connectivity index (χ2n) is 6.64. The van der Waals surface area contributed by atoms with E-state index in [0.717, 1.165) is 25.8 Å². The molecule has 0 N–H and O–H groups in total. The van der Waals surface area contributed by atoms with Crippen LogP contribution in [0, 0.1) is 11.7 Å². The third kappa shape index (κ3) is 3.38. The molecule has 3 rings (SSSR count). The van der Waals surface area contributed by atoms with E-state index >= 15 is 0 Å². The molecule has 0 aromatic heterocycles. The number of carbonyl (C=O) groups is 2. The Hall–Kier alpha value is -1.91. The molecule has 5 heteroatoms. The van der Waals surface area contributed by atoms with E-state index < -0.39 is 0 Å². The molecule has 2 heterocycles. The lowest BCUT2D eigenvalue weighted by molar-refractivity contribution is -0.139. The molecular formula is C18H23FN2O2. The highest BCUT2D eigenvalue weighted by Gasteiger charge is 2.38. The SMILES string of the molecule is C[C@H]1CCCCN1C(=O)[C@H]1CC(=O)N(Cc2ccccc2F)C1. The van der Waals surface area contributed by atoms with E-state index in [2.05, 4.69) is 6.92 Å². The first-order chi connectivity index (χ1) is 11.1. The Bertz CT molecular complexity index is 604. The Labute approximate surface area is 136 Å². The van der Waals surface area contributed by atoms with Crippen LogP contribution in [0.2, 0.25) is 0 Å². The molecule has 0 radical (unpaired) electrons. The van der Waals surface area contributed by atoms with Gasteiger partial charge in [-0.1, -0.05) is 18.2 Å². The van der Waals surface area contributed by atoms with Crippen LogP contribution in [-0.2, 0) is 16.1 Å². The second kappa shape index (κ2) is 6.69. The van der Waals surface area contributed by atoms with Crippen LogP contribution in [0.25, 0.3) is 0 Å². The number of benzene rings is 1. The molecule has 0 unspecified atom stereocenters. The van der Waals surface area contributed by atoms with Crippen LogP contribution in [0.15, 0.2) is 24.3 Å². The maximum absolute atomic E-state index is 13.8. The first kappa shape index (κ1) is 16.0. The highest BCUT2D eigenvalue weighted by Crippen LogP contribution is 2.26. The van der Waals surface area contributed by atoms with Crippen molar-refractivity contribution >= 4 is 11.8 Å². The van der Waals surface area contributed by atoms with Gasteiger partial charge in [-0.15, -0.1) is 0 Å². The highest BCUT2D eigenvalue weighted by atomic mass is 19.1. The van der Waals surface area contributed by atoms with Crippen molar-refractivity contribution in [1.82, 2.24) is 9.80 Å². The van der Waals surface area contributed by atoms with E-state index in [1.807, 2.05) is 4.90 Å². The minimum Gasteiger partial charge on any atom is -0.340 e. The molecule has 2 aliphatic heterocycles. The fourth-order valence-electron chi connectivity index (χ4n) is 3.58. The number of amides is 2. The van der Waals surface area contributed by atoms with Crippen molar-refractivity contribution in [2.24, 2.45) is 5.92 Å². The third-order valence-corrected chi connectivity index (χ3v) is 4.97. The first-order valence-electron chi connectivity index (χ1n) is 8.38. The summed E-state index contributed by atoms with van der Waals surface area (Å²) in [6.45, 7) is 3.50. The number of likely N-dealkylation sites (tertiary alicyclic amines) is 2. The third-order valence-electron chi connectivity index (χ3n) is 4.97. The fraction of sp³-hybridized carbons (Fsp3) is 0.556. The Balaban J connectivity index is 1.65. The maximum atomic E-state index is 13.8. The van der Waals surface area contributed by atoms with Gasteiger partial charge in [-0.2, -0.15) is 0 Å². The van der Waals surface area contributed by atoms with Crippen molar-refractivity contribution < 1.29 is 14.0 Å². The number of rotatable bonds is 3. The zero-order valence-electron chi connectivity index (χ0n) is 13.5. The predicted octanol–water partition coefficient (Wildman–Crippen LogP) is 2.58. The largest absolute Gasteiger partial charge is 0.340 e. The number of hydrogen-bond donors (Lipinski definition) is 0. The summed E-state index contributed by atoms with van der Waals surface area (Å²) in [6.07, 6.45) is 3.48. The van der Waals surface area contributed by atoms with Gasteiger partial charge in [0.1, 0.15) is 5.82 Å². The molecule has 1 aromatic rings. The summed E-state index contributed by atoms with van der Waals surface area (Å²) in [5.74, 6) is -0.563. The maximum Gasteiger partial charge on any atom is 0.228 e. The van der Waals surface area contributed by atoms with Gasteiger partial charge in [0.25, 0.3) is 0 Å². The van der Waals surface area contributed by atoms with Crippen molar-refractivity contribution in [2.45, 2.75) is 45.2 Å². The van der Waals surface area contributed by atoms with Crippen molar-refractivity contribution in [1.29, 1.82) is 0 Å². The average molecular weight is 318 g/mol. The van der Waals surface area contributed by atoms with Gasteiger partial charge in [0, 0.05) is 37.7 Å². The van der Waals surface area contributed by atoms with Crippen LogP contribution < -0.4 is 0 Å². The molecule has 0 aliphatic carbocycles. The van der Waals surface area contributed by atoms with Crippen LogP contribution in [0.1, 0.15) is 38.2 Å². The Kier molecular flexibility index (Phi) is 4.64. The molecule has 2 saturated heterocycles. The van der Waals surface area contributed by atoms with E-state index in [4.69, 9.17) is 0 Å². The van der Waals surface area contributed by atoms with Gasteiger partial charge in [0.2, 0.25) is 11.8 Å². The lowest BCUT2D eigenvalue weighted by Crippen LogP contribution is -2.45. The van der Waals surface area contributed by atoms with Gasteiger partial charge < -0.3 is 9.80 Å². The lowest BCUT2D eigenvalue weighted by Gasteiger charge is -2.35. The fourth-order valence-corrected chi connectivity index (χ4v) is 3.58. The molecule has 2 fully saturated rings. The van der Waals surface area contributed by atoms with Crippen LogP contribution in [-0.4, -0.2) is 40.7 Å². The zero-order chi connectivity index (χ0) is 16.4. The molecule has 0 saturated carbocycles. The predicted molar refractivity (Wildman–Crippen MR) is 85.0 cm³/mol. The van der Waals surface area contributed by atoms with E-state index in [9.17, 15) is 14.0 Å². The van der Waals surface area contributed by atoms with Gasteiger partial charge in [-0.3, -0.25) is 9.59 Å². The number of carbonyl (C=O) groups excluding carboxylic acids is 2. The molecule has 0 spiro atoms. The minimum atomic E-state index is -0.306. The topological polar surface area (TPSA) is 40.6 Å². The van der Waals surface area contributed by atoms with Crippen molar-refractivity contribution in [2.75, 3.05) is 13.1 Å². The van der Waals surface area contributed by atoms with Gasteiger partial charge in [-0.25, -0.2) is 4.39 Å². The molecule has 4 nitrogen and oxygen atoms in total. The summed E-state index contributed by atoms with van der Waals surface area (Å²) in [7, 11) is 0. The quantitative estimate of drug-likeness (QED) is 0.859. The summed E-state index contributed by atoms with van der Waals surface area (Å²) in [5, 5.41) is 0. The first-order valence-corrected chi connectivity index (χ1v) is 8.38. The summed E-state index contributed by atoms with van der Waals surface area (Å²) >= 11 is 0. The van der Waals surface area contributed by atoms with E-state index in [1.165, 1.54) is 6.07 Å².